The molecule has 6 nitrogen and oxygen atoms in total. The van der Waals surface area contributed by atoms with Gasteiger partial charge in [-0.2, -0.15) is 0 Å². The number of amides is 1. The minimum atomic E-state index is -0.551. The predicted molar refractivity (Wildman–Crippen MR) is 87.2 cm³/mol. The van der Waals surface area contributed by atoms with E-state index in [0.29, 0.717) is 12.3 Å². The number of nitrogens with one attached hydrogen (secondary N) is 1. The summed E-state index contributed by atoms with van der Waals surface area (Å²) in [7, 11) is 0. The fourth-order valence-electron chi connectivity index (χ4n) is 3.56. The molecule has 0 saturated heterocycles. The van der Waals surface area contributed by atoms with E-state index in [-0.39, 0.29) is 24.0 Å². The average molecular weight is 324 g/mol. The molecule has 2 rings (SSSR count). The Labute approximate surface area is 138 Å². The van der Waals surface area contributed by atoms with Gasteiger partial charge in [-0.1, -0.05) is 19.0 Å². The average Bonchev–Trinajstić information content (AvgIpc) is 3.00. The summed E-state index contributed by atoms with van der Waals surface area (Å²) < 4.78 is 5.35. The van der Waals surface area contributed by atoms with Crippen LogP contribution in [0.5, 0.6) is 0 Å². The number of carbonyl (C=O) groups is 2. The number of nitrogens with zero attached hydrogens (tertiary/aromatic N) is 1. The SMILES string of the molecule is CCC(CC)C1=NO[C@H]2[C@@H]1[C@H](NC(=O)OC(C)(C)C)C[C@@H]2C=O. The van der Waals surface area contributed by atoms with Crippen molar-refractivity contribution in [2.24, 2.45) is 22.9 Å². The molecule has 0 spiro atoms. The van der Waals surface area contributed by atoms with E-state index in [1.165, 1.54) is 0 Å². The molecule has 0 aromatic carbocycles. The number of carbonyl (C=O) groups excluding carboxylic acids is 2. The second-order valence-electron chi connectivity index (χ2n) is 7.41. The van der Waals surface area contributed by atoms with Gasteiger partial charge in [0, 0.05) is 12.0 Å². The second-order valence-corrected chi connectivity index (χ2v) is 7.41. The summed E-state index contributed by atoms with van der Waals surface area (Å²) in [6.45, 7) is 9.72. The van der Waals surface area contributed by atoms with Crippen LogP contribution in [0.3, 0.4) is 0 Å². The van der Waals surface area contributed by atoms with Gasteiger partial charge in [0.15, 0.2) is 0 Å². The Morgan fingerprint density at radius 2 is 2.09 bits per heavy atom. The number of ether oxygens (including phenoxy) is 1. The van der Waals surface area contributed by atoms with Gasteiger partial charge in [0.2, 0.25) is 0 Å². The molecule has 4 atom stereocenters. The van der Waals surface area contributed by atoms with Crippen LogP contribution in [-0.4, -0.2) is 35.8 Å². The number of hydrogen-bond acceptors (Lipinski definition) is 5. The topological polar surface area (TPSA) is 77.0 Å². The highest BCUT2D eigenvalue weighted by atomic mass is 16.6. The summed E-state index contributed by atoms with van der Waals surface area (Å²) in [4.78, 5) is 29.0. The van der Waals surface area contributed by atoms with Gasteiger partial charge in [-0.15, -0.1) is 0 Å². The van der Waals surface area contributed by atoms with Crippen LogP contribution in [0.1, 0.15) is 53.9 Å². The molecule has 6 heteroatoms. The van der Waals surface area contributed by atoms with Gasteiger partial charge in [-0.3, -0.25) is 0 Å². The van der Waals surface area contributed by atoms with Crippen molar-refractivity contribution in [1.82, 2.24) is 5.32 Å². The maximum absolute atomic E-state index is 12.1. The minimum Gasteiger partial charge on any atom is -0.444 e. The van der Waals surface area contributed by atoms with Crippen LogP contribution in [0.15, 0.2) is 5.16 Å². The first-order valence-electron chi connectivity index (χ1n) is 8.49. The fraction of sp³-hybridized carbons (Fsp3) is 0.824. The van der Waals surface area contributed by atoms with E-state index < -0.39 is 11.7 Å². The zero-order valence-electron chi connectivity index (χ0n) is 14.7. The number of oxime groups is 1. The Morgan fingerprint density at radius 1 is 1.43 bits per heavy atom. The maximum atomic E-state index is 12.1. The van der Waals surface area contributed by atoms with E-state index in [0.717, 1.165) is 24.8 Å². The highest BCUT2D eigenvalue weighted by Crippen LogP contribution is 2.41. The molecule has 2 aliphatic rings. The van der Waals surface area contributed by atoms with Crippen LogP contribution in [0, 0.1) is 17.8 Å². The number of hydrogen-bond donors (Lipinski definition) is 1. The molecule has 1 heterocycles. The quantitative estimate of drug-likeness (QED) is 0.789. The van der Waals surface area contributed by atoms with Crippen molar-refractivity contribution in [2.75, 3.05) is 0 Å². The molecule has 0 aromatic heterocycles. The molecule has 0 bridgehead atoms. The van der Waals surface area contributed by atoms with Crippen molar-refractivity contribution in [1.29, 1.82) is 0 Å². The molecular weight excluding hydrogens is 296 g/mol. The zero-order chi connectivity index (χ0) is 17.2. The van der Waals surface area contributed by atoms with Crippen LogP contribution in [0.2, 0.25) is 0 Å². The van der Waals surface area contributed by atoms with Gasteiger partial charge in [-0.25, -0.2) is 4.79 Å². The Bertz CT molecular complexity index is 479. The zero-order valence-corrected chi connectivity index (χ0v) is 14.7. The first-order valence-corrected chi connectivity index (χ1v) is 8.49. The van der Waals surface area contributed by atoms with E-state index in [1.807, 2.05) is 20.8 Å². The monoisotopic (exact) mass is 324 g/mol. The summed E-state index contributed by atoms with van der Waals surface area (Å²) >= 11 is 0. The van der Waals surface area contributed by atoms with Gasteiger partial charge in [0.25, 0.3) is 0 Å². The highest BCUT2D eigenvalue weighted by Gasteiger charge is 2.52. The standard InChI is InChI=1S/C17H28N2O4/c1-6-10(7-2)14-13-12(18-16(21)22-17(3,4)5)8-11(9-20)15(13)23-19-14/h9-13,15H,6-8H2,1-5H3,(H,18,21)/t11-,12-,13-,15-/m1/s1. The van der Waals surface area contributed by atoms with Gasteiger partial charge in [0.05, 0.1) is 17.5 Å². The lowest BCUT2D eigenvalue weighted by atomic mass is 9.84. The third kappa shape index (κ3) is 3.85. The Hall–Kier alpha value is -1.59. The van der Waals surface area contributed by atoms with Gasteiger partial charge >= 0.3 is 6.09 Å². The lowest BCUT2D eigenvalue weighted by Crippen LogP contribution is -2.45. The fourth-order valence-corrected chi connectivity index (χ4v) is 3.56. The molecule has 1 fully saturated rings. The molecule has 1 aliphatic heterocycles. The molecular formula is C17H28N2O4. The highest BCUT2D eigenvalue weighted by molar-refractivity contribution is 5.92. The van der Waals surface area contributed by atoms with E-state index in [4.69, 9.17) is 9.57 Å². The molecule has 1 amide bonds. The number of fused-ring (bicyclic) bond motifs is 1. The van der Waals surface area contributed by atoms with Gasteiger partial charge in [0.1, 0.15) is 18.0 Å². The first kappa shape index (κ1) is 17.8. The third-order valence-corrected chi connectivity index (χ3v) is 4.64. The summed E-state index contributed by atoms with van der Waals surface area (Å²) in [6, 6.07) is -0.174. The van der Waals surface area contributed by atoms with Crippen molar-refractivity contribution in [3.8, 4) is 0 Å². The van der Waals surface area contributed by atoms with Gasteiger partial charge < -0.3 is 19.7 Å². The summed E-state index contributed by atoms with van der Waals surface area (Å²) in [5, 5.41) is 7.18. The van der Waals surface area contributed by atoms with Crippen LogP contribution < -0.4 is 5.32 Å². The third-order valence-electron chi connectivity index (χ3n) is 4.64. The molecule has 0 aromatic rings. The molecule has 130 valence electrons. The molecule has 23 heavy (non-hydrogen) atoms. The van der Waals surface area contributed by atoms with Crippen molar-refractivity contribution >= 4 is 18.1 Å². The van der Waals surface area contributed by atoms with Gasteiger partial charge in [-0.05, 0) is 40.0 Å². The van der Waals surface area contributed by atoms with Crippen LogP contribution in [0.25, 0.3) is 0 Å². The van der Waals surface area contributed by atoms with Crippen LogP contribution in [-0.2, 0) is 14.4 Å². The molecule has 0 radical (unpaired) electrons. The predicted octanol–water partition coefficient (Wildman–Crippen LogP) is 2.91. The smallest absolute Gasteiger partial charge is 0.407 e. The number of alkyl carbamates (subject to hydrolysis) is 1. The van der Waals surface area contributed by atoms with E-state index in [1.54, 1.807) is 0 Å². The van der Waals surface area contributed by atoms with Crippen molar-refractivity contribution < 1.29 is 19.2 Å². The Balaban J connectivity index is 2.14. The van der Waals surface area contributed by atoms with E-state index in [9.17, 15) is 9.59 Å². The summed E-state index contributed by atoms with van der Waals surface area (Å²) in [5.41, 5.74) is 0.426. The lowest BCUT2D eigenvalue weighted by Gasteiger charge is -2.26. The molecule has 1 aliphatic carbocycles. The normalized spacial score (nSPS) is 29.7. The molecule has 1 saturated carbocycles. The van der Waals surface area contributed by atoms with E-state index >= 15 is 0 Å². The minimum absolute atomic E-state index is 0.0392. The number of rotatable bonds is 5. The maximum Gasteiger partial charge on any atom is 0.407 e. The molecule has 0 unspecified atom stereocenters. The number of aldehydes is 1. The summed E-state index contributed by atoms with van der Waals surface area (Å²) in [6.07, 6.45) is 2.70. The first-order chi connectivity index (χ1) is 10.8. The summed E-state index contributed by atoms with van der Waals surface area (Å²) in [5.74, 6) is 0.0384. The largest absolute Gasteiger partial charge is 0.444 e. The van der Waals surface area contributed by atoms with Crippen LogP contribution >= 0.6 is 0 Å². The lowest BCUT2D eigenvalue weighted by molar-refractivity contribution is -0.114. The second kappa shape index (κ2) is 6.89. The van der Waals surface area contributed by atoms with E-state index in [2.05, 4.69) is 24.3 Å². The Kier molecular flexibility index (Phi) is 5.32. The molecule has 1 N–H and O–H groups in total. The van der Waals surface area contributed by atoms with Crippen LogP contribution in [0.4, 0.5) is 4.79 Å². The Morgan fingerprint density at radius 3 is 2.61 bits per heavy atom. The van der Waals surface area contributed by atoms with Crippen molar-refractivity contribution in [2.45, 2.75) is 71.6 Å². The van der Waals surface area contributed by atoms with Crippen molar-refractivity contribution in [3.63, 3.8) is 0 Å². The van der Waals surface area contributed by atoms with Crippen molar-refractivity contribution in [3.05, 3.63) is 0 Å².